The molecule has 0 aromatic carbocycles. The van der Waals surface area contributed by atoms with Crippen molar-refractivity contribution < 1.29 is 9.53 Å². The third-order valence-electron chi connectivity index (χ3n) is 3.04. The normalized spacial score (nSPS) is 18.4. The second-order valence-electron chi connectivity index (χ2n) is 4.59. The summed E-state index contributed by atoms with van der Waals surface area (Å²) in [4.78, 5) is 21.9. The summed E-state index contributed by atoms with van der Waals surface area (Å²) in [6.45, 7) is 4.92. The van der Waals surface area contributed by atoms with Crippen molar-refractivity contribution in [3.8, 4) is 5.88 Å². The number of hydrogen-bond acceptors (Lipinski definition) is 6. The SMILES string of the molecule is COc1cc(N2CCNC(=O)C2(C)C)nc(N)n1. The van der Waals surface area contributed by atoms with Crippen molar-refractivity contribution in [3.05, 3.63) is 6.07 Å². The number of carbonyl (C=O) groups excluding carboxylic acids is 1. The summed E-state index contributed by atoms with van der Waals surface area (Å²) in [7, 11) is 1.51. The lowest BCUT2D eigenvalue weighted by molar-refractivity contribution is -0.126. The van der Waals surface area contributed by atoms with Crippen molar-refractivity contribution in [2.45, 2.75) is 19.4 Å². The fourth-order valence-corrected chi connectivity index (χ4v) is 1.97. The Balaban J connectivity index is 2.41. The number of nitrogens with zero attached hydrogens (tertiary/aromatic N) is 3. The smallest absolute Gasteiger partial charge is 0.245 e. The Morgan fingerprint density at radius 2 is 2.22 bits per heavy atom. The maximum absolute atomic E-state index is 11.9. The average molecular weight is 251 g/mol. The highest BCUT2D eigenvalue weighted by atomic mass is 16.5. The summed E-state index contributed by atoms with van der Waals surface area (Å²) >= 11 is 0. The van der Waals surface area contributed by atoms with Crippen molar-refractivity contribution in [1.82, 2.24) is 15.3 Å². The molecule has 1 aromatic heterocycles. The van der Waals surface area contributed by atoms with Crippen LogP contribution in [0.25, 0.3) is 0 Å². The highest BCUT2D eigenvalue weighted by Gasteiger charge is 2.38. The molecule has 98 valence electrons. The predicted octanol–water partition coefficient (Wildman–Crippen LogP) is -0.218. The van der Waals surface area contributed by atoms with Crippen molar-refractivity contribution in [1.29, 1.82) is 0 Å². The van der Waals surface area contributed by atoms with E-state index in [1.165, 1.54) is 7.11 Å². The molecule has 18 heavy (non-hydrogen) atoms. The number of methoxy groups -OCH3 is 1. The molecule has 0 radical (unpaired) electrons. The highest BCUT2D eigenvalue weighted by Crippen LogP contribution is 2.27. The van der Waals surface area contributed by atoms with Crippen LogP contribution in [0.1, 0.15) is 13.8 Å². The second kappa shape index (κ2) is 4.32. The van der Waals surface area contributed by atoms with Crippen LogP contribution in [0, 0.1) is 0 Å². The first-order valence-corrected chi connectivity index (χ1v) is 5.69. The first-order valence-electron chi connectivity index (χ1n) is 5.69. The number of carbonyl (C=O) groups is 1. The summed E-state index contributed by atoms with van der Waals surface area (Å²) in [6, 6.07) is 1.68. The van der Waals surface area contributed by atoms with Crippen molar-refractivity contribution in [2.75, 3.05) is 30.8 Å². The quantitative estimate of drug-likeness (QED) is 0.755. The molecule has 1 aromatic rings. The van der Waals surface area contributed by atoms with E-state index in [0.717, 1.165) is 0 Å². The van der Waals surface area contributed by atoms with E-state index in [9.17, 15) is 4.79 Å². The molecule has 2 heterocycles. The number of rotatable bonds is 2. The fourth-order valence-electron chi connectivity index (χ4n) is 1.97. The monoisotopic (exact) mass is 251 g/mol. The number of aromatic nitrogens is 2. The molecule has 1 aliphatic heterocycles. The lowest BCUT2D eigenvalue weighted by atomic mass is 9.99. The number of ether oxygens (including phenoxy) is 1. The van der Waals surface area contributed by atoms with Gasteiger partial charge < -0.3 is 20.7 Å². The molecule has 1 saturated heterocycles. The standard InChI is InChI=1S/C11H17N5O2/c1-11(2)9(17)13-4-5-16(11)7-6-8(18-3)15-10(12)14-7/h6H,4-5H2,1-3H3,(H,13,17)(H2,12,14,15). The number of hydrogen-bond donors (Lipinski definition) is 2. The topological polar surface area (TPSA) is 93.4 Å². The second-order valence-corrected chi connectivity index (χ2v) is 4.59. The van der Waals surface area contributed by atoms with Crippen LogP contribution in [0.2, 0.25) is 0 Å². The van der Waals surface area contributed by atoms with E-state index >= 15 is 0 Å². The molecule has 0 spiro atoms. The molecule has 0 unspecified atom stereocenters. The van der Waals surface area contributed by atoms with Gasteiger partial charge in [-0.15, -0.1) is 0 Å². The van der Waals surface area contributed by atoms with E-state index in [1.54, 1.807) is 6.07 Å². The Hall–Kier alpha value is -2.05. The Kier molecular flexibility index (Phi) is 2.98. The van der Waals surface area contributed by atoms with E-state index in [-0.39, 0.29) is 11.9 Å². The van der Waals surface area contributed by atoms with Crippen LogP contribution in [0.4, 0.5) is 11.8 Å². The van der Waals surface area contributed by atoms with Crippen LogP contribution in [0.5, 0.6) is 5.88 Å². The van der Waals surface area contributed by atoms with Gasteiger partial charge in [-0.2, -0.15) is 9.97 Å². The van der Waals surface area contributed by atoms with Gasteiger partial charge in [0.15, 0.2) is 0 Å². The van der Waals surface area contributed by atoms with Crippen molar-refractivity contribution >= 4 is 17.7 Å². The van der Waals surface area contributed by atoms with Gasteiger partial charge in [-0.25, -0.2) is 0 Å². The minimum absolute atomic E-state index is 0.0371. The third kappa shape index (κ3) is 2.03. The van der Waals surface area contributed by atoms with Gasteiger partial charge in [-0.3, -0.25) is 4.79 Å². The summed E-state index contributed by atoms with van der Waals surface area (Å²) in [5, 5.41) is 2.83. The van der Waals surface area contributed by atoms with E-state index in [4.69, 9.17) is 10.5 Å². The van der Waals surface area contributed by atoms with Crippen LogP contribution in [-0.2, 0) is 4.79 Å². The molecule has 0 atom stereocenters. The van der Waals surface area contributed by atoms with Crippen LogP contribution in [-0.4, -0.2) is 41.6 Å². The zero-order valence-corrected chi connectivity index (χ0v) is 10.7. The summed E-state index contributed by atoms with van der Waals surface area (Å²) in [6.07, 6.45) is 0. The van der Waals surface area contributed by atoms with Crippen LogP contribution in [0.15, 0.2) is 6.07 Å². The number of nitrogens with two attached hydrogens (primary N) is 1. The van der Waals surface area contributed by atoms with Gasteiger partial charge in [-0.05, 0) is 13.8 Å². The zero-order chi connectivity index (χ0) is 13.3. The Labute approximate surface area is 105 Å². The molecule has 0 aliphatic carbocycles. The molecular weight excluding hydrogens is 234 g/mol. The zero-order valence-electron chi connectivity index (χ0n) is 10.7. The van der Waals surface area contributed by atoms with E-state index in [2.05, 4.69) is 15.3 Å². The van der Waals surface area contributed by atoms with Gasteiger partial charge in [-0.1, -0.05) is 0 Å². The maximum Gasteiger partial charge on any atom is 0.245 e. The minimum atomic E-state index is -0.677. The van der Waals surface area contributed by atoms with Crippen LogP contribution < -0.4 is 20.7 Å². The third-order valence-corrected chi connectivity index (χ3v) is 3.04. The van der Waals surface area contributed by atoms with Gasteiger partial charge in [0.1, 0.15) is 11.4 Å². The van der Waals surface area contributed by atoms with Crippen molar-refractivity contribution in [3.63, 3.8) is 0 Å². The van der Waals surface area contributed by atoms with Gasteiger partial charge in [0, 0.05) is 19.2 Å². The molecule has 2 rings (SSSR count). The Morgan fingerprint density at radius 3 is 2.89 bits per heavy atom. The lowest BCUT2D eigenvalue weighted by Gasteiger charge is -2.41. The molecule has 1 aliphatic rings. The summed E-state index contributed by atoms with van der Waals surface area (Å²) in [5.41, 5.74) is 4.96. The van der Waals surface area contributed by atoms with Crippen molar-refractivity contribution in [2.24, 2.45) is 0 Å². The predicted molar refractivity (Wildman–Crippen MR) is 67.4 cm³/mol. The summed E-state index contributed by atoms with van der Waals surface area (Å²) < 4.78 is 5.06. The number of nitrogens with one attached hydrogen (secondary N) is 1. The van der Waals surface area contributed by atoms with Gasteiger partial charge in [0.05, 0.1) is 7.11 Å². The Morgan fingerprint density at radius 1 is 1.50 bits per heavy atom. The molecule has 7 heteroatoms. The molecule has 1 fully saturated rings. The first-order chi connectivity index (χ1) is 8.45. The maximum atomic E-state index is 11.9. The van der Waals surface area contributed by atoms with Gasteiger partial charge in [0.25, 0.3) is 0 Å². The molecular formula is C11H17N5O2. The average Bonchev–Trinajstić information content (AvgIpc) is 2.31. The molecule has 0 saturated carbocycles. The number of anilines is 2. The molecule has 1 amide bonds. The number of nitrogen functional groups attached to an aromatic ring is 1. The van der Waals surface area contributed by atoms with Crippen LogP contribution >= 0.6 is 0 Å². The van der Waals surface area contributed by atoms with Crippen LogP contribution in [0.3, 0.4) is 0 Å². The largest absolute Gasteiger partial charge is 0.481 e. The molecule has 3 N–H and O–H groups in total. The van der Waals surface area contributed by atoms with E-state index < -0.39 is 5.54 Å². The highest BCUT2D eigenvalue weighted by molar-refractivity contribution is 5.90. The van der Waals surface area contributed by atoms with E-state index in [1.807, 2.05) is 18.7 Å². The lowest BCUT2D eigenvalue weighted by Crippen LogP contribution is -2.62. The summed E-state index contributed by atoms with van der Waals surface area (Å²) in [5.74, 6) is 1.08. The first kappa shape index (κ1) is 12.4. The molecule has 7 nitrogen and oxygen atoms in total. The Bertz CT molecular complexity index is 475. The molecule has 0 bridgehead atoms. The number of amides is 1. The number of piperazine rings is 1. The van der Waals surface area contributed by atoms with E-state index in [0.29, 0.717) is 24.8 Å². The fraction of sp³-hybridized carbons (Fsp3) is 0.545. The van der Waals surface area contributed by atoms with Gasteiger partial charge in [0.2, 0.25) is 17.7 Å². The van der Waals surface area contributed by atoms with Gasteiger partial charge >= 0.3 is 0 Å². The minimum Gasteiger partial charge on any atom is -0.481 e.